The molecule has 2 aromatic heterocycles. The van der Waals surface area contributed by atoms with Crippen LogP contribution >= 0.6 is 11.3 Å². The molecule has 2 N–H and O–H groups in total. The molecule has 0 aliphatic heterocycles. The average molecular weight is 440 g/mol. The van der Waals surface area contributed by atoms with Gasteiger partial charge in [0.1, 0.15) is 5.82 Å². The third kappa shape index (κ3) is 5.61. The second-order valence-corrected chi connectivity index (χ2v) is 9.30. The average Bonchev–Trinajstić information content (AvgIpc) is 3.08. The Morgan fingerprint density at radius 2 is 1.94 bits per heavy atom. The van der Waals surface area contributed by atoms with Crippen molar-refractivity contribution in [3.05, 3.63) is 58.6 Å². The summed E-state index contributed by atoms with van der Waals surface area (Å²) in [7, 11) is 1.60. The fraction of sp³-hybridized carbons (Fsp3) is 0.375. The van der Waals surface area contributed by atoms with Crippen LogP contribution in [-0.2, 0) is 4.79 Å². The van der Waals surface area contributed by atoms with Gasteiger partial charge in [-0.15, -0.1) is 11.3 Å². The van der Waals surface area contributed by atoms with Crippen molar-refractivity contribution in [3.63, 3.8) is 0 Å². The Hall–Kier alpha value is -2.93. The highest BCUT2D eigenvalue weighted by atomic mass is 32.1. The van der Waals surface area contributed by atoms with Crippen molar-refractivity contribution in [1.29, 1.82) is 0 Å². The molecule has 31 heavy (non-hydrogen) atoms. The van der Waals surface area contributed by atoms with Gasteiger partial charge in [0.15, 0.2) is 0 Å². The van der Waals surface area contributed by atoms with E-state index < -0.39 is 5.97 Å². The molecule has 7 heteroatoms. The monoisotopic (exact) mass is 439 g/mol. The van der Waals surface area contributed by atoms with Crippen LogP contribution in [0.4, 0.5) is 5.82 Å². The van der Waals surface area contributed by atoms with Crippen molar-refractivity contribution in [3.8, 4) is 0 Å². The smallest absolute Gasteiger partial charge is 0.305 e. The number of aliphatic carboxylic acids is 1. The summed E-state index contributed by atoms with van der Waals surface area (Å²) in [4.78, 5) is 30.4. The van der Waals surface area contributed by atoms with Gasteiger partial charge < -0.3 is 15.3 Å². The quantitative estimate of drug-likeness (QED) is 0.470. The molecule has 0 aliphatic carbocycles. The molecule has 1 aromatic carbocycles. The lowest BCUT2D eigenvalue weighted by atomic mass is 9.99. The molecule has 3 rings (SSSR count). The summed E-state index contributed by atoms with van der Waals surface area (Å²) in [6.45, 7) is 6.75. The number of carboxylic acid groups (broad SMARTS) is 1. The number of amides is 1. The van der Waals surface area contributed by atoms with Gasteiger partial charge in [0.05, 0.1) is 18.0 Å². The molecule has 164 valence electrons. The zero-order chi connectivity index (χ0) is 22.5. The van der Waals surface area contributed by atoms with Crippen LogP contribution in [0.3, 0.4) is 0 Å². The van der Waals surface area contributed by atoms with E-state index in [0.29, 0.717) is 17.3 Å². The summed E-state index contributed by atoms with van der Waals surface area (Å²) in [5.74, 6) is 0.0579. The summed E-state index contributed by atoms with van der Waals surface area (Å²) in [5.41, 5.74) is 1.74. The van der Waals surface area contributed by atoms with Gasteiger partial charge in [0.2, 0.25) is 0 Å². The number of benzene rings is 1. The first-order chi connectivity index (χ1) is 14.8. The molecule has 1 unspecified atom stereocenters. The van der Waals surface area contributed by atoms with Crippen LogP contribution < -0.4 is 5.32 Å². The molecular weight excluding hydrogens is 410 g/mol. The number of pyridine rings is 1. The van der Waals surface area contributed by atoms with E-state index in [1.54, 1.807) is 19.3 Å². The first kappa shape index (κ1) is 22.7. The molecule has 0 aliphatic rings. The lowest BCUT2D eigenvalue weighted by molar-refractivity contribution is -0.137. The van der Waals surface area contributed by atoms with Crippen LogP contribution in [0.15, 0.2) is 42.6 Å². The number of aromatic nitrogens is 1. The van der Waals surface area contributed by atoms with Gasteiger partial charge in [-0.1, -0.05) is 32.0 Å². The van der Waals surface area contributed by atoms with Gasteiger partial charge in [-0.05, 0) is 48.4 Å². The van der Waals surface area contributed by atoms with E-state index in [0.717, 1.165) is 6.42 Å². The minimum absolute atomic E-state index is 0.0826. The molecule has 0 saturated carbocycles. The number of hydrogen-bond donors (Lipinski definition) is 2. The summed E-state index contributed by atoms with van der Waals surface area (Å²) in [6.07, 6.45) is 2.43. The number of carboxylic acids is 1. The fourth-order valence-electron chi connectivity index (χ4n) is 3.60. The zero-order valence-electron chi connectivity index (χ0n) is 18.4. The summed E-state index contributed by atoms with van der Waals surface area (Å²) in [6, 6.07) is 12.1. The van der Waals surface area contributed by atoms with Crippen LogP contribution in [0.2, 0.25) is 0 Å². The van der Waals surface area contributed by atoms with Gasteiger partial charge in [-0.25, -0.2) is 4.98 Å². The van der Waals surface area contributed by atoms with Crippen LogP contribution in [0, 0.1) is 12.8 Å². The Labute approximate surface area is 186 Å². The summed E-state index contributed by atoms with van der Waals surface area (Å²) < 4.78 is 1.28. The van der Waals surface area contributed by atoms with E-state index in [4.69, 9.17) is 5.11 Å². The number of carbonyl (C=O) groups is 2. The number of nitrogens with zero attached hydrogens (tertiary/aromatic N) is 2. The van der Waals surface area contributed by atoms with E-state index in [2.05, 4.69) is 55.3 Å². The van der Waals surface area contributed by atoms with Gasteiger partial charge in [0, 0.05) is 29.4 Å². The maximum absolute atomic E-state index is 12.5. The third-order valence-corrected chi connectivity index (χ3v) is 6.63. The molecule has 0 spiro atoms. The van der Waals surface area contributed by atoms with Crippen molar-refractivity contribution in [2.75, 3.05) is 18.9 Å². The molecule has 1 amide bonds. The number of aryl methyl sites for hydroxylation is 1. The highest BCUT2D eigenvalue weighted by Gasteiger charge is 2.20. The van der Waals surface area contributed by atoms with Gasteiger partial charge in [-0.3, -0.25) is 9.59 Å². The van der Waals surface area contributed by atoms with Crippen LogP contribution in [0.5, 0.6) is 0 Å². The number of anilines is 1. The topological polar surface area (TPSA) is 82.5 Å². The number of thiophene rings is 1. The maximum atomic E-state index is 12.5. The Morgan fingerprint density at radius 3 is 2.55 bits per heavy atom. The fourth-order valence-corrected chi connectivity index (χ4v) is 4.87. The number of nitrogens with one attached hydrogen (secondary N) is 1. The Morgan fingerprint density at radius 1 is 1.19 bits per heavy atom. The first-order valence-electron chi connectivity index (χ1n) is 10.4. The highest BCUT2D eigenvalue weighted by Crippen LogP contribution is 2.38. The van der Waals surface area contributed by atoms with Crippen molar-refractivity contribution in [2.45, 2.75) is 39.7 Å². The van der Waals surface area contributed by atoms with Crippen molar-refractivity contribution >= 4 is 39.1 Å². The van der Waals surface area contributed by atoms with Crippen molar-refractivity contribution < 1.29 is 14.7 Å². The Balaban J connectivity index is 1.78. The van der Waals surface area contributed by atoms with E-state index >= 15 is 0 Å². The minimum Gasteiger partial charge on any atom is -0.481 e. The summed E-state index contributed by atoms with van der Waals surface area (Å²) in [5, 5.41) is 13.6. The van der Waals surface area contributed by atoms with E-state index in [1.165, 1.54) is 25.4 Å². The Kier molecular flexibility index (Phi) is 7.28. The lowest BCUT2D eigenvalue weighted by Crippen LogP contribution is -2.29. The molecule has 6 nitrogen and oxygen atoms in total. The number of carbonyl (C=O) groups excluding carboxylic acids is 1. The number of fused-ring (bicyclic) bond motifs is 1. The van der Waals surface area contributed by atoms with E-state index in [9.17, 15) is 9.59 Å². The number of rotatable bonds is 9. The molecule has 1 atom stereocenters. The van der Waals surface area contributed by atoms with Gasteiger partial charge >= 0.3 is 5.97 Å². The zero-order valence-corrected chi connectivity index (χ0v) is 19.2. The Bertz CT molecular complexity index is 1060. The predicted molar refractivity (Wildman–Crippen MR) is 126 cm³/mol. The molecule has 3 aromatic rings. The molecule has 0 bridgehead atoms. The molecule has 2 heterocycles. The molecule has 0 fully saturated rings. The van der Waals surface area contributed by atoms with E-state index in [-0.39, 0.29) is 24.9 Å². The maximum Gasteiger partial charge on any atom is 0.305 e. The molecular formula is C24H29N3O3S. The largest absolute Gasteiger partial charge is 0.481 e. The third-order valence-electron chi connectivity index (χ3n) is 5.24. The van der Waals surface area contributed by atoms with Crippen LogP contribution in [-0.4, -0.2) is 40.5 Å². The normalized spacial score (nSPS) is 12.2. The van der Waals surface area contributed by atoms with Crippen LogP contribution in [0.25, 0.3) is 10.1 Å². The minimum atomic E-state index is -0.926. The predicted octanol–water partition coefficient (Wildman–Crippen LogP) is 5.35. The SMILES string of the molecule is Cc1c(C(CC(C)C)Nc2ccc(C(=O)N(C)CCC(=O)O)cn2)sc2ccccc12. The van der Waals surface area contributed by atoms with E-state index in [1.807, 2.05) is 17.4 Å². The standard InChI is InChI=1S/C24H29N3O3S/c1-15(2)13-19(23-16(3)18-7-5-6-8-20(18)31-23)26-21-10-9-17(14-25-21)24(30)27(4)12-11-22(28)29/h5-10,14-15,19H,11-13H2,1-4H3,(H,25,26)(H,28,29). The molecule has 0 radical (unpaired) electrons. The summed E-state index contributed by atoms with van der Waals surface area (Å²) >= 11 is 1.81. The highest BCUT2D eigenvalue weighted by molar-refractivity contribution is 7.19. The first-order valence-corrected chi connectivity index (χ1v) is 11.3. The molecule has 0 saturated heterocycles. The van der Waals surface area contributed by atoms with Crippen LogP contribution in [0.1, 0.15) is 53.5 Å². The van der Waals surface area contributed by atoms with Crippen molar-refractivity contribution in [1.82, 2.24) is 9.88 Å². The van der Waals surface area contributed by atoms with Crippen molar-refractivity contribution in [2.24, 2.45) is 5.92 Å². The second-order valence-electron chi connectivity index (χ2n) is 8.22. The van der Waals surface area contributed by atoms with Gasteiger partial charge in [-0.2, -0.15) is 0 Å². The van der Waals surface area contributed by atoms with Gasteiger partial charge in [0.25, 0.3) is 5.91 Å². The number of hydrogen-bond acceptors (Lipinski definition) is 5. The lowest BCUT2D eigenvalue weighted by Gasteiger charge is -2.21. The second kappa shape index (κ2) is 9.92.